The molecule has 0 aliphatic carbocycles. The smallest absolute Gasteiger partial charge is 0.113 e. The average Bonchev–Trinajstić information content (AvgIpc) is 2.28. The van der Waals surface area contributed by atoms with Crippen LogP contribution in [0, 0.1) is 0 Å². The number of aliphatic hydroxyl groups is 1. The van der Waals surface area contributed by atoms with Crippen molar-refractivity contribution in [3.63, 3.8) is 0 Å². The maximum absolute atomic E-state index is 10.2. The van der Waals surface area contributed by atoms with Crippen LogP contribution in [0.25, 0.3) is 0 Å². The van der Waals surface area contributed by atoms with Gasteiger partial charge in [-0.05, 0) is 6.42 Å². The minimum absolute atomic E-state index is 0.355. The molecule has 1 aliphatic rings. The van der Waals surface area contributed by atoms with Gasteiger partial charge < -0.3 is 9.90 Å². The monoisotopic (exact) mass is 216 g/mol. The zero-order valence-electron chi connectivity index (χ0n) is 9.37. The molecule has 3 heteroatoms. The highest BCUT2D eigenvalue weighted by Crippen LogP contribution is 2.16. The van der Waals surface area contributed by atoms with Crippen LogP contribution in [0.2, 0.25) is 12.1 Å². The topological polar surface area (TPSA) is 37.3 Å². The highest BCUT2D eigenvalue weighted by molar-refractivity contribution is 6.84. The summed E-state index contributed by atoms with van der Waals surface area (Å²) < 4.78 is 0. The molecule has 0 unspecified atom stereocenters. The van der Waals surface area contributed by atoms with E-state index in [9.17, 15) is 4.79 Å². The molecule has 1 saturated heterocycles. The Morgan fingerprint density at radius 1 is 1.21 bits per heavy atom. The van der Waals surface area contributed by atoms with Crippen molar-refractivity contribution in [2.45, 2.75) is 57.5 Å². The van der Waals surface area contributed by atoms with E-state index in [0.717, 1.165) is 12.8 Å². The van der Waals surface area contributed by atoms with Crippen LogP contribution >= 0.6 is 0 Å². The Kier molecular flexibility index (Phi) is 10.8. The fraction of sp³-hybridized carbons (Fsp3) is 0.909. The lowest BCUT2D eigenvalue weighted by molar-refractivity contribution is 0.284. The molecule has 1 heterocycles. The van der Waals surface area contributed by atoms with E-state index >= 15 is 0 Å². The Morgan fingerprint density at radius 3 is 2.14 bits per heavy atom. The molecule has 1 rings (SSSR count). The van der Waals surface area contributed by atoms with E-state index in [1.807, 2.05) is 0 Å². The van der Waals surface area contributed by atoms with Crippen molar-refractivity contribution in [2.75, 3.05) is 6.61 Å². The van der Waals surface area contributed by atoms with Crippen molar-refractivity contribution in [1.29, 1.82) is 0 Å². The van der Waals surface area contributed by atoms with Crippen LogP contribution in [-0.4, -0.2) is 26.4 Å². The first kappa shape index (κ1) is 13.8. The predicted molar refractivity (Wildman–Crippen MR) is 64.0 cm³/mol. The quantitative estimate of drug-likeness (QED) is 0.445. The van der Waals surface area contributed by atoms with E-state index in [0.29, 0.717) is 6.61 Å². The van der Waals surface area contributed by atoms with Crippen molar-refractivity contribution in [3.05, 3.63) is 0 Å². The average molecular weight is 216 g/mol. The molecule has 0 atom stereocenters. The summed E-state index contributed by atoms with van der Waals surface area (Å²) in [6.07, 6.45) is 7.36. The summed E-state index contributed by atoms with van der Waals surface area (Å²) in [5, 5.41) is 8.20. The number of hydrogen-bond donors (Lipinski definition) is 1. The van der Waals surface area contributed by atoms with Crippen LogP contribution in [0.5, 0.6) is 0 Å². The molecule has 0 bridgehead atoms. The minimum atomic E-state index is -0.786. The van der Waals surface area contributed by atoms with E-state index in [-0.39, 0.29) is 0 Å². The second-order valence-corrected chi connectivity index (χ2v) is 6.91. The van der Waals surface area contributed by atoms with Crippen molar-refractivity contribution in [1.82, 2.24) is 0 Å². The molecule has 0 aromatic heterocycles. The first-order valence-corrected chi connectivity index (χ1v) is 8.21. The molecule has 1 fully saturated rings. The number of aliphatic hydroxyl groups excluding tert-OH is 1. The van der Waals surface area contributed by atoms with Crippen molar-refractivity contribution >= 4 is 14.7 Å². The Balaban J connectivity index is 0.000000255. The molecule has 0 saturated carbocycles. The van der Waals surface area contributed by atoms with Crippen LogP contribution in [0.3, 0.4) is 0 Å². The van der Waals surface area contributed by atoms with Gasteiger partial charge in [-0.2, -0.15) is 0 Å². The third kappa shape index (κ3) is 8.45. The number of rotatable bonds is 4. The van der Waals surface area contributed by atoms with Gasteiger partial charge in [0.25, 0.3) is 0 Å². The van der Waals surface area contributed by atoms with Gasteiger partial charge in [0, 0.05) is 6.61 Å². The summed E-state index contributed by atoms with van der Waals surface area (Å²) in [6.45, 7) is 2.48. The van der Waals surface area contributed by atoms with E-state index in [1.54, 1.807) is 0 Å². The second-order valence-electron chi connectivity index (χ2n) is 3.96. The summed E-state index contributed by atoms with van der Waals surface area (Å²) in [4.78, 5) is 10.2. The van der Waals surface area contributed by atoms with E-state index < -0.39 is 8.80 Å². The van der Waals surface area contributed by atoms with E-state index in [4.69, 9.17) is 5.11 Å². The van der Waals surface area contributed by atoms with Crippen LogP contribution in [0.4, 0.5) is 0 Å². The van der Waals surface area contributed by atoms with E-state index in [2.05, 4.69) is 6.92 Å². The standard InChI is InChI=1S/C6H12OSi.C5H12O/c7-6-8-4-2-1-3-5-8;1-2-3-4-5-6/h6,8H,1-5H2;6H,2-5H2,1H3. The molecule has 14 heavy (non-hydrogen) atoms. The molecule has 84 valence electrons. The lowest BCUT2D eigenvalue weighted by Gasteiger charge is -2.12. The van der Waals surface area contributed by atoms with Gasteiger partial charge in [-0.15, -0.1) is 0 Å². The fourth-order valence-electron chi connectivity index (χ4n) is 1.63. The SMILES string of the molecule is CCCCCO.O=C[SiH]1CCCCC1. The molecule has 1 N–H and O–H groups in total. The van der Waals surface area contributed by atoms with Crippen molar-refractivity contribution < 1.29 is 9.90 Å². The van der Waals surface area contributed by atoms with Crippen LogP contribution in [-0.2, 0) is 4.79 Å². The minimum Gasteiger partial charge on any atom is -0.396 e. The van der Waals surface area contributed by atoms with Gasteiger partial charge in [0.2, 0.25) is 0 Å². The van der Waals surface area contributed by atoms with Crippen molar-refractivity contribution in [3.8, 4) is 0 Å². The largest absolute Gasteiger partial charge is 0.396 e. The summed E-state index contributed by atoms with van der Waals surface area (Å²) >= 11 is 0. The molecule has 1 aliphatic heterocycles. The Hall–Kier alpha value is -0.153. The van der Waals surface area contributed by atoms with Gasteiger partial charge in [0.1, 0.15) is 8.80 Å². The van der Waals surface area contributed by atoms with E-state index in [1.165, 1.54) is 43.7 Å². The van der Waals surface area contributed by atoms with Gasteiger partial charge in [-0.1, -0.05) is 51.1 Å². The van der Waals surface area contributed by atoms with Gasteiger partial charge >= 0.3 is 0 Å². The van der Waals surface area contributed by atoms with Gasteiger partial charge in [0.05, 0.1) is 5.91 Å². The maximum Gasteiger partial charge on any atom is 0.113 e. The van der Waals surface area contributed by atoms with Gasteiger partial charge in [0.15, 0.2) is 0 Å². The summed E-state index contributed by atoms with van der Waals surface area (Å²) in [6, 6.07) is 2.56. The Bertz CT molecular complexity index is 118. The molecular weight excluding hydrogens is 192 g/mol. The molecule has 2 nitrogen and oxygen atoms in total. The number of hydrogen-bond acceptors (Lipinski definition) is 2. The number of carbonyl (C=O) groups excluding carboxylic acids is 1. The number of carbonyl (C=O) groups is 1. The highest BCUT2D eigenvalue weighted by Gasteiger charge is 2.12. The normalized spacial score (nSPS) is 17.0. The zero-order chi connectivity index (χ0) is 10.6. The predicted octanol–water partition coefficient (Wildman–Crippen LogP) is 2.34. The van der Waals surface area contributed by atoms with Crippen LogP contribution < -0.4 is 0 Å². The lowest BCUT2D eigenvalue weighted by atomic mass is 10.3. The van der Waals surface area contributed by atoms with Gasteiger partial charge in [-0.3, -0.25) is 0 Å². The summed E-state index contributed by atoms with van der Waals surface area (Å²) in [5.74, 6) is 1.25. The first-order valence-electron chi connectivity index (χ1n) is 5.91. The lowest BCUT2D eigenvalue weighted by Crippen LogP contribution is -2.17. The fourth-order valence-corrected chi connectivity index (χ4v) is 3.82. The molecule has 0 radical (unpaired) electrons. The zero-order valence-corrected chi connectivity index (χ0v) is 10.5. The molecule has 0 amide bonds. The summed E-state index contributed by atoms with van der Waals surface area (Å²) in [7, 11) is -0.786. The van der Waals surface area contributed by atoms with Crippen molar-refractivity contribution in [2.24, 2.45) is 0 Å². The summed E-state index contributed by atoms with van der Waals surface area (Å²) in [5.41, 5.74) is 0. The second kappa shape index (κ2) is 10.9. The number of unbranched alkanes of at least 4 members (excludes halogenated alkanes) is 2. The molecule has 0 spiro atoms. The molecule has 0 aromatic carbocycles. The molecule has 0 aromatic rings. The van der Waals surface area contributed by atoms with Crippen LogP contribution in [0.1, 0.15) is 45.4 Å². The van der Waals surface area contributed by atoms with Crippen LogP contribution in [0.15, 0.2) is 0 Å². The molecular formula is C11H24O2Si. The maximum atomic E-state index is 10.2. The van der Waals surface area contributed by atoms with Gasteiger partial charge in [-0.25, -0.2) is 0 Å². The Labute approximate surface area is 89.3 Å². The third-order valence-electron chi connectivity index (χ3n) is 2.60. The first-order chi connectivity index (χ1) is 6.85. The third-order valence-corrected chi connectivity index (χ3v) is 5.29. The Morgan fingerprint density at radius 2 is 1.86 bits per heavy atom. The highest BCUT2D eigenvalue weighted by atomic mass is 28.3.